The van der Waals surface area contributed by atoms with Crippen molar-refractivity contribution in [1.29, 1.82) is 0 Å². The van der Waals surface area contributed by atoms with E-state index < -0.39 is 10.0 Å². The van der Waals surface area contributed by atoms with Crippen molar-refractivity contribution in [1.82, 2.24) is 4.98 Å². The molecule has 0 amide bonds. The summed E-state index contributed by atoms with van der Waals surface area (Å²) in [6.45, 7) is 3.77. The zero-order valence-electron chi connectivity index (χ0n) is 8.67. The molecule has 0 aliphatic rings. The second-order valence-electron chi connectivity index (χ2n) is 3.19. The minimum Gasteiger partial charge on any atom is -0.474 e. The molecule has 15 heavy (non-hydrogen) atoms. The number of nitrogens with zero attached hydrogens (tertiary/aromatic N) is 1. The molecule has 84 valence electrons. The maximum absolute atomic E-state index is 11.2. The summed E-state index contributed by atoms with van der Waals surface area (Å²) >= 11 is 0. The summed E-state index contributed by atoms with van der Waals surface area (Å²) in [6.07, 6.45) is 2.13. The van der Waals surface area contributed by atoms with Crippen LogP contribution in [0.25, 0.3) is 0 Å². The maximum Gasteiger partial charge on any atom is 0.243 e. The highest BCUT2D eigenvalue weighted by molar-refractivity contribution is 7.89. The molecule has 1 unspecified atom stereocenters. The smallest absolute Gasteiger partial charge is 0.243 e. The number of pyridine rings is 1. The Hall–Kier alpha value is -1.14. The summed E-state index contributed by atoms with van der Waals surface area (Å²) in [4.78, 5) is 3.77. The second kappa shape index (κ2) is 4.59. The monoisotopic (exact) mass is 230 g/mol. The maximum atomic E-state index is 11.2. The van der Waals surface area contributed by atoms with Crippen LogP contribution in [0.4, 0.5) is 0 Å². The first-order chi connectivity index (χ1) is 6.95. The first-order valence-corrected chi connectivity index (χ1v) is 6.14. The summed E-state index contributed by atoms with van der Waals surface area (Å²) in [7, 11) is -3.77. The quantitative estimate of drug-likeness (QED) is 0.833. The Kier molecular flexibility index (Phi) is 3.65. The van der Waals surface area contributed by atoms with Crippen molar-refractivity contribution in [2.24, 2.45) is 5.14 Å². The number of aromatic nitrogens is 1. The van der Waals surface area contributed by atoms with Crippen molar-refractivity contribution < 1.29 is 13.2 Å². The van der Waals surface area contributed by atoms with Crippen molar-refractivity contribution in [2.45, 2.75) is 31.3 Å². The molecular weight excluding hydrogens is 216 g/mol. The van der Waals surface area contributed by atoms with E-state index in [1.54, 1.807) is 0 Å². The fourth-order valence-corrected chi connectivity index (χ4v) is 1.57. The summed E-state index contributed by atoms with van der Waals surface area (Å²) in [6, 6.07) is 2.88. The van der Waals surface area contributed by atoms with Crippen molar-refractivity contribution in [3.8, 4) is 5.88 Å². The van der Waals surface area contributed by atoms with Gasteiger partial charge in [-0.2, -0.15) is 0 Å². The molecule has 0 saturated carbocycles. The highest BCUT2D eigenvalue weighted by atomic mass is 32.2. The highest BCUT2D eigenvalue weighted by Gasteiger charge is 2.17. The third-order valence-corrected chi connectivity index (χ3v) is 2.85. The lowest BCUT2D eigenvalue weighted by Gasteiger charge is -2.13. The summed E-state index contributed by atoms with van der Waals surface area (Å²) < 4.78 is 27.7. The average molecular weight is 230 g/mol. The van der Waals surface area contributed by atoms with Gasteiger partial charge in [-0.1, -0.05) is 6.92 Å². The normalized spacial score (nSPS) is 13.5. The van der Waals surface area contributed by atoms with Gasteiger partial charge in [-0.15, -0.1) is 0 Å². The number of hydrogen-bond donors (Lipinski definition) is 1. The summed E-state index contributed by atoms with van der Waals surface area (Å²) in [5, 5.41) is 5.03. The Labute approximate surface area is 89.3 Å². The Morgan fingerprint density at radius 1 is 1.60 bits per heavy atom. The van der Waals surface area contributed by atoms with Crippen LogP contribution in [0.1, 0.15) is 20.3 Å². The van der Waals surface area contributed by atoms with Crippen LogP contribution in [0.2, 0.25) is 0 Å². The lowest BCUT2D eigenvalue weighted by molar-refractivity contribution is 0.202. The van der Waals surface area contributed by atoms with Gasteiger partial charge in [0.15, 0.2) is 0 Å². The minimum absolute atomic E-state index is 0.0642. The van der Waals surface area contributed by atoms with Crippen LogP contribution >= 0.6 is 0 Å². The molecule has 1 rings (SSSR count). The van der Waals surface area contributed by atoms with E-state index in [1.807, 2.05) is 13.8 Å². The van der Waals surface area contributed by atoms with Gasteiger partial charge in [-0.05, 0) is 25.5 Å². The molecule has 0 aliphatic heterocycles. The zero-order chi connectivity index (χ0) is 11.5. The number of sulfonamides is 1. The van der Waals surface area contributed by atoms with Gasteiger partial charge < -0.3 is 4.74 Å². The molecule has 1 aromatic heterocycles. The third kappa shape index (κ3) is 3.17. The molecular formula is C9H14N2O3S. The van der Waals surface area contributed by atoms with Gasteiger partial charge in [0.1, 0.15) is 4.90 Å². The molecule has 0 fully saturated rings. The lowest BCUT2D eigenvalue weighted by Crippen LogP contribution is -2.17. The van der Waals surface area contributed by atoms with Crippen LogP contribution in [-0.2, 0) is 10.0 Å². The number of rotatable bonds is 4. The molecule has 1 atom stereocenters. The van der Waals surface area contributed by atoms with Crippen molar-refractivity contribution in [2.75, 3.05) is 0 Å². The first-order valence-electron chi connectivity index (χ1n) is 4.59. The number of nitrogens with two attached hydrogens (primary N) is 1. The summed E-state index contributed by atoms with van der Waals surface area (Å²) in [5.41, 5.74) is 0. The van der Waals surface area contributed by atoms with E-state index >= 15 is 0 Å². The number of ether oxygens (including phenoxy) is 1. The van der Waals surface area contributed by atoms with Crippen molar-refractivity contribution in [3.05, 3.63) is 18.3 Å². The van der Waals surface area contributed by atoms with Gasteiger partial charge in [0.25, 0.3) is 0 Å². The van der Waals surface area contributed by atoms with Crippen LogP contribution < -0.4 is 9.88 Å². The van der Waals surface area contributed by atoms with E-state index in [4.69, 9.17) is 9.88 Å². The second-order valence-corrected chi connectivity index (χ2v) is 4.72. The van der Waals surface area contributed by atoms with Crippen LogP contribution in [0.5, 0.6) is 5.88 Å². The zero-order valence-corrected chi connectivity index (χ0v) is 9.49. The molecule has 6 heteroatoms. The Bertz CT molecular complexity index is 431. The lowest BCUT2D eigenvalue weighted by atomic mass is 10.3. The molecule has 1 heterocycles. The Morgan fingerprint density at radius 2 is 2.27 bits per heavy atom. The topological polar surface area (TPSA) is 82.3 Å². The standard InChI is InChI=1S/C9H14N2O3S/c1-3-7(2)14-9-8(15(10,12)13)5-4-6-11-9/h4-7H,3H2,1-2H3,(H2,10,12,13). The van der Waals surface area contributed by atoms with Crippen molar-refractivity contribution >= 4 is 10.0 Å². The Morgan fingerprint density at radius 3 is 2.80 bits per heavy atom. The first kappa shape index (κ1) is 11.9. The molecule has 5 nitrogen and oxygen atoms in total. The number of primary sulfonamides is 1. The van der Waals surface area contributed by atoms with Crippen molar-refractivity contribution in [3.63, 3.8) is 0 Å². The molecule has 0 aromatic carbocycles. The largest absolute Gasteiger partial charge is 0.474 e. The fourth-order valence-electron chi connectivity index (χ4n) is 0.955. The molecule has 0 radical (unpaired) electrons. The minimum atomic E-state index is -3.77. The van der Waals surface area contributed by atoms with Crippen LogP contribution in [0.3, 0.4) is 0 Å². The molecule has 0 spiro atoms. The van der Waals surface area contributed by atoms with E-state index in [0.717, 1.165) is 6.42 Å². The molecule has 0 bridgehead atoms. The van der Waals surface area contributed by atoms with Gasteiger partial charge in [0.05, 0.1) is 6.10 Å². The van der Waals surface area contributed by atoms with Crippen LogP contribution in [0.15, 0.2) is 23.2 Å². The van der Waals surface area contributed by atoms with Crippen LogP contribution in [0, 0.1) is 0 Å². The highest BCUT2D eigenvalue weighted by Crippen LogP contribution is 2.20. The number of hydrogen-bond acceptors (Lipinski definition) is 4. The van der Waals surface area contributed by atoms with E-state index in [-0.39, 0.29) is 16.9 Å². The molecule has 2 N–H and O–H groups in total. The van der Waals surface area contributed by atoms with Gasteiger partial charge in [-0.25, -0.2) is 18.5 Å². The van der Waals surface area contributed by atoms with E-state index in [0.29, 0.717) is 0 Å². The van der Waals surface area contributed by atoms with E-state index in [9.17, 15) is 8.42 Å². The van der Waals surface area contributed by atoms with E-state index in [1.165, 1.54) is 18.3 Å². The Balaban J connectivity index is 3.08. The predicted octanol–water partition coefficient (Wildman–Crippen LogP) is 0.906. The third-order valence-electron chi connectivity index (χ3n) is 1.93. The van der Waals surface area contributed by atoms with Gasteiger partial charge in [0, 0.05) is 6.20 Å². The van der Waals surface area contributed by atoms with Crippen LogP contribution in [-0.4, -0.2) is 19.5 Å². The van der Waals surface area contributed by atoms with Gasteiger partial charge in [-0.3, -0.25) is 0 Å². The SMILES string of the molecule is CCC(C)Oc1ncccc1S(N)(=O)=O. The van der Waals surface area contributed by atoms with Gasteiger partial charge in [0.2, 0.25) is 15.9 Å². The summed E-state index contributed by atoms with van der Waals surface area (Å²) in [5.74, 6) is 0.0642. The van der Waals surface area contributed by atoms with Gasteiger partial charge >= 0.3 is 0 Å². The molecule has 0 saturated heterocycles. The molecule has 1 aromatic rings. The fraction of sp³-hybridized carbons (Fsp3) is 0.444. The molecule has 0 aliphatic carbocycles. The average Bonchev–Trinajstić information content (AvgIpc) is 2.17. The van der Waals surface area contributed by atoms with E-state index in [2.05, 4.69) is 4.98 Å². The predicted molar refractivity (Wildman–Crippen MR) is 56.0 cm³/mol.